The quantitative estimate of drug-likeness (QED) is 0.599. The van der Waals surface area contributed by atoms with Gasteiger partial charge in [0.25, 0.3) is 0 Å². The summed E-state index contributed by atoms with van der Waals surface area (Å²) in [7, 11) is -3.83. The molecule has 0 bridgehead atoms. The van der Waals surface area contributed by atoms with Crippen LogP contribution in [0.1, 0.15) is 31.1 Å². The summed E-state index contributed by atoms with van der Waals surface area (Å²) in [6, 6.07) is 15.9. The number of β-lactam (4-membered cyclic amide) rings is 1. The van der Waals surface area contributed by atoms with Crippen molar-refractivity contribution in [2.45, 2.75) is 42.2 Å². The van der Waals surface area contributed by atoms with Crippen LogP contribution in [0, 0.1) is 0 Å². The fraction of sp³-hybridized carbons (Fsp3) is 0.333. The first kappa shape index (κ1) is 19.6. The average molecular weight is 414 g/mol. The van der Waals surface area contributed by atoms with Gasteiger partial charge in [-0.05, 0) is 25.0 Å². The third-order valence-corrected chi connectivity index (χ3v) is 8.62. The maximum atomic E-state index is 13.2. The van der Waals surface area contributed by atoms with E-state index in [-0.39, 0.29) is 0 Å². The minimum absolute atomic E-state index is 0.554. The summed E-state index contributed by atoms with van der Waals surface area (Å²) in [5.74, 6) is -1.32. The summed E-state index contributed by atoms with van der Waals surface area (Å²) in [5.41, 5.74) is 7.22. The van der Waals surface area contributed by atoms with Crippen LogP contribution in [0.4, 0.5) is 0 Å². The lowest BCUT2D eigenvalue weighted by atomic mass is 9.96. The third kappa shape index (κ3) is 2.78. The molecule has 0 saturated carbocycles. The van der Waals surface area contributed by atoms with Gasteiger partial charge in [0.05, 0.1) is 0 Å². The molecule has 2 heterocycles. The van der Waals surface area contributed by atoms with Crippen LogP contribution in [0.2, 0.25) is 0 Å². The number of sulfone groups is 1. The minimum Gasteiger partial charge on any atom is -0.451 e. The zero-order valence-electron chi connectivity index (χ0n) is 16.1. The van der Waals surface area contributed by atoms with Gasteiger partial charge in [-0.3, -0.25) is 4.79 Å². The highest BCUT2D eigenvalue weighted by atomic mass is 32.2. The van der Waals surface area contributed by atoms with E-state index in [0.717, 1.165) is 16.0 Å². The van der Waals surface area contributed by atoms with Gasteiger partial charge >= 0.3 is 5.97 Å². The van der Waals surface area contributed by atoms with Crippen molar-refractivity contribution in [3.8, 4) is 0 Å². The summed E-state index contributed by atoms with van der Waals surface area (Å²) >= 11 is 0. The normalized spacial score (nSPS) is 26.7. The lowest BCUT2D eigenvalue weighted by Gasteiger charge is -2.41. The largest absolute Gasteiger partial charge is 0.451 e. The van der Waals surface area contributed by atoms with Crippen molar-refractivity contribution in [2.75, 3.05) is 0 Å². The molecule has 4 rings (SSSR count). The van der Waals surface area contributed by atoms with Crippen LogP contribution in [0.5, 0.6) is 0 Å². The molecule has 2 aliphatic rings. The van der Waals surface area contributed by atoms with E-state index in [2.05, 4.69) is 0 Å². The van der Waals surface area contributed by atoms with E-state index in [4.69, 9.17) is 10.5 Å². The molecular weight excluding hydrogens is 392 g/mol. The van der Waals surface area contributed by atoms with Crippen molar-refractivity contribution in [3.05, 3.63) is 71.8 Å². The second-order valence-corrected chi connectivity index (χ2v) is 10.5. The van der Waals surface area contributed by atoms with Gasteiger partial charge in [-0.1, -0.05) is 60.7 Å². The van der Waals surface area contributed by atoms with E-state index < -0.39 is 50.0 Å². The van der Waals surface area contributed by atoms with E-state index >= 15 is 0 Å². The lowest BCUT2D eigenvalue weighted by molar-refractivity contribution is -0.165. The Labute approximate surface area is 169 Å². The number of nitrogens with two attached hydrogens (primary N) is 1. The van der Waals surface area contributed by atoms with E-state index in [1.165, 1.54) is 13.8 Å². The molecule has 29 heavy (non-hydrogen) atoms. The fourth-order valence-corrected chi connectivity index (χ4v) is 6.26. The van der Waals surface area contributed by atoms with Crippen LogP contribution in [0.3, 0.4) is 0 Å². The zero-order chi connectivity index (χ0) is 21.0. The summed E-state index contributed by atoms with van der Waals surface area (Å²) < 4.78 is 30.1. The van der Waals surface area contributed by atoms with E-state index in [1.807, 2.05) is 60.7 Å². The van der Waals surface area contributed by atoms with E-state index in [1.54, 1.807) is 0 Å². The number of carbonyl (C=O) groups excluding carboxylic acids is 2. The summed E-state index contributed by atoms with van der Waals surface area (Å²) in [4.78, 5) is 26.6. The fourth-order valence-electron chi connectivity index (χ4n) is 4.09. The van der Waals surface area contributed by atoms with Gasteiger partial charge in [0.15, 0.2) is 21.3 Å². The van der Waals surface area contributed by atoms with Crippen LogP contribution in [0.25, 0.3) is 0 Å². The zero-order valence-corrected chi connectivity index (χ0v) is 16.9. The molecule has 2 fully saturated rings. The van der Waals surface area contributed by atoms with E-state index in [0.29, 0.717) is 0 Å². The van der Waals surface area contributed by atoms with Crippen molar-refractivity contribution in [2.24, 2.45) is 5.73 Å². The van der Waals surface area contributed by atoms with Crippen LogP contribution in [-0.2, 0) is 24.2 Å². The van der Waals surface area contributed by atoms with Gasteiger partial charge in [-0.15, -0.1) is 0 Å². The highest BCUT2D eigenvalue weighted by Gasteiger charge is 2.71. The second kappa shape index (κ2) is 6.67. The highest BCUT2D eigenvalue weighted by molar-refractivity contribution is 7.94. The van der Waals surface area contributed by atoms with Gasteiger partial charge in [-0.2, -0.15) is 0 Å². The molecule has 152 valence electrons. The van der Waals surface area contributed by atoms with Gasteiger partial charge in [0.2, 0.25) is 5.91 Å². The van der Waals surface area contributed by atoms with Gasteiger partial charge in [0.1, 0.15) is 16.8 Å². The molecule has 2 aromatic carbocycles. The summed E-state index contributed by atoms with van der Waals surface area (Å²) in [5, 5.41) is -1.19. The second-order valence-electron chi connectivity index (χ2n) is 7.85. The number of rotatable bonds is 4. The molecule has 8 heteroatoms. The number of ether oxygens (including phenoxy) is 1. The van der Waals surface area contributed by atoms with Crippen molar-refractivity contribution in [3.63, 3.8) is 0 Å². The Balaban J connectivity index is 1.71. The van der Waals surface area contributed by atoms with Crippen molar-refractivity contribution < 1.29 is 22.7 Å². The molecule has 2 aliphatic heterocycles. The Morgan fingerprint density at radius 1 is 1.03 bits per heavy atom. The molecule has 7 nitrogen and oxygen atoms in total. The number of hydrogen-bond donors (Lipinski definition) is 1. The number of hydrogen-bond acceptors (Lipinski definition) is 6. The molecule has 0 aromatic heterocycles. The standard InChI is InChI=1S/C21H22N2O5S/c1-21(2)17(23-18(24)15(22)19(23)29(21,26)27)20(25)28-16(13-9-5-3-6-10-13)14-11-7-4-8-12-14/h3-12,15-17,19H,22H2,1-2H3/t15-,17-,19+/m0/s1. The average Bonchev–Trinajstić information content (AvgIpc) is 2.87. The van der Waals surface area contributed by atoms with Crippen LogP contribution in [0.15, 0.2) is 60.7 Å². The Morgan fingerprint density at radius 2 is 1.52 bits per heavy atom. The molecular formula is C21H22N2O5S. The number of carbonyl (C=O) groups is 2. The third-order valence-electron chi connectivity index (χ3n) is 5.77. The molecule has 1 amide bonds. The Hall–Kier alpha value is -2.71. The first-order valence-corrected chi connectivity index (χ1v) is 10.8. The van der Waals surface area contributed by atoms with Crippen LogP contribution >= 0.6 is 0 Å². The number of amides is 1. The van der Waals surface area contributed by atoms with Crippen molar-refractivity contribution in [1.82, 2.24) is 4.90 Å². The van der Waals surface area contributed by atoms with Gasteiger partial charge in [0, 0.05) is 0 Å². The molecule has 0 unspecified atom stereocenters. The Kier molecular flexibility index (Phi) is 4.51. The molecule has 0 radical (unpaired) electrons. The summed E-state index contributed by atoms with van der Waals surface area (Å²) in [6.45, 7) is 2.87. The highest BCUT2D eigenvalue weighted by Crippen LogP contribution is 2.46. The van der Waals surface area contributed by atoms with Gasteiger partial charge in [-0.25, -0.2) is 13.2 Å². The predicted molar refractivity (Wildman–Crippen MR) is 106 cm³/mol. The van der Waals surface area contributed by atoms with Gasteiger partial charge < -0.3 is 15.4 Å². The number of fused-ring (bicyclic) bond motifs is 1. The molecule has 2 saturated heterocycles. The number of benzene rings is 2. The number of esters is 1. The smallest absolute Gasteiger partial charge is 0.331 e. The maximum absolute atomic E-state index is 13.2. The SMILES string of the molecule is CC1(C)[C@H](C(=O)OC(c2ccccc2)c2ccccc2)N2C(=O)[C@H](N)[C@H]2S1(=O)=O. The predicted octanol–water partition coefficient (Wildman–Crippen LogP) is 1.39. The monoisotopic (exact) mass is 414 g/mol. The molecule has 0 aliphatic carbocycles. The molecule has 2 aromatic rings. The number of nitrogens with zero attached hydrogens (tertiary/aromatic N) is 1. The van der Waals surface area contributed by atoms with Crippen LogP contribution < -0.4 is 5.73 Å². The summed E-state index contributed by atoms with van der Waals surface area (Å²) in [6.07, 6.45) is -0.729. The first-order valence-electron chi connectivity index (χ1n) is 9.29. The first-order chi connectivity index (χ1) is 13.7. The lowest BCUT2D eigenvalue weighted by Crippen LogP contribution is -2.70. The minimum atomic E-state index is -3.83. The Morgan fingerprint density at radius 3 is 2.00 bits per heavy atom. The topological polar surface area (TPSA) is 107 Å². The molecule has 2 N–H and O–H groups in total. The van der Waals surface area contributed by atoms with Crippen molar-refractivity contribution in [1.29, 1.82) is 0 Å². The van der Waals surface area contributed by atoms with E-state index in [9.17, 15) is 18.0 Å². The Bertz CT molecular complexity index is 1010. The van der Waals surface area contributed by atoms with Crippen molar-refractivity contribution >= 4 is 21.7 Å². The molecule has 0 spiro atoms. The van der Waals surface area contributed by atoms with Crippen LogP contribution in [-0.4, -0.2) is 47.4 Å². The maximum Gasteiger partial charge on any atom is 0.331 e. The molecule has 3 atom stereocenters.